The maximum atomic E-state index is 15.0. The monoisotopic (exact) mass is 1170 g/mol. The van der Waals surface area contributed by atoms with Crippen LogP contribution in [0.5, 0.6) is 0 Å². The van der Waals surface area contributed by atoms with Gasteiger partial charge in [0.25, 0.3) is 11.8 Å². The first-order chi connectivity index (χ1) is 39.3. The molecular formula is C71H110N2O3S4. The van der Waals surface area contributed by atoms with Gasteiger partial charge < -0.3 is 14.5 Å². The fourth-order valence-electron chi connectivity index (χ4n) is 12.5. The van der Waals surface area contributed by atoms with Crippen LogP contribution in [0.1, 0.15) is 282 Å². The van der Waals surface area contributed by atoms with Gasteiger partial charge in [-0.25, -0.2) is 0 Å². The first-order valence-electron chi connectivity index (χ1n) is 33.3. The SMILES string of the molecule is CCCCCCCCCCCCC(CCCCOCCCC)CCCCN1C(=O)C2=C(c3ccc(-c4ccc(-c5ccc(-c6ccc(C)s6)s5)s4)s3)N(CCCCC(CCCCC)CCCCCCCCCCCC)C(=O)C2=C1C. The van der Waals surface area contributed by atoms with Crippen LogP contribution in [0.4, 0.5) is 0 Å². The lowest BCUT2D eigenvalue weighted by atomic mass is 9.90. The highest BCUT2D eigenvalue weighted by Crippen LogP contribution is 2.48. The fourth-order valence-corrected chi connectivity index (χ4v) is 16.7. The Labute approximate surface area is 505 Å². The Bertz CT molecular complexity index is 2400. The first kappa shape index (κ1) is 66.3. The van der Waals surface area contributed by atoms with Gasteiger partial charge in [0.1, 0.15) is 0 Å². The second-order valence-electron chi connectivity index (χ2n) is 24.1. The van der Waals surface area contributed by atoms with E-state index in [1.165, 1.54) is 233 Å². The Hall–Kier alpha value is -2.82. The fraction of sp³-hybridized carbons (Fsp3) is 0.690. The van der Waals surface area contributed by atoms with Crippen LogP contribution in [0.25, 0.3) is 35.0 Å². The smallest absolute Gasteiger partial charge is 0.261 e. The second kappa shape index (κ2) is 38.9. The zero-order valence-corrected chi connectivity index (χ0v) is 54.8. The highest BCUT2D eigenvalue weighted by atomic mass is 32.1. The summed E-state index contributed by atoms with van der Waals surface area (Å²) in [4.78, 5) is 43.9. The molecule has 5 nitrogen and oxygen atoms in total. The summed E-state index contributed by atoms with van der Waals surface area (Å²) in [6.07, 6.45) is 48.2. The summed E-state index contributed by atoms with van der Waals surface area (Å²) in [6.45, 7) is 16.5. The minimum Gasteiger partial charge on any atom is -0.381 e. The van der Waals surface area contributed by atoms with Crippen LogP contribution in [0.2, 0.25) is 0 Å². The van der Waals surface area contributed by atoms with Gasteiger partial charge >= 0.3 is 0 Å². The molecule has 0 saturated carbocycles. The van der Waals surface area contributed by atoms with Crippen molar-refractivity contribution in [2.45, 2.75) is 279 Å². The van der Waals surface area contributed by atoms with E-state index in [1.807, 2.05) is 50.7 Å². The predicted molar refractivity (Wildman–Crippen MR) is 353 cm³/mol. The molecule has 2 unspecified atom stereocenters. The van der Waals surface area contributed by atoms with Crippen LogP contribution in [0, 0.1) is 18.8 Å². The van der Waals surface area contributed by atoms with E-state index in [2.05, 4.69) is 83.1 Å². The first-order valence-corrected chi connectivity index (χ1v) is 36.6. The van der Waals surface area contributed by atoms with E-state index in [4.69, 9.17) is 4.74 Å². The molecule has 0 saturated heterocycles. The molecule has 0 N–H and O–H groups in total. The Morgan fingerprint density at radius 1 is 0.350 bits per heavy atom. The van der Waals surface area contributed by atoms with Crippen LogP contribution in [0.3, 0.4) is 0 Å². The van der Waals surface area contributed by atoms with Gasteiger partial charge in [-0.1, -0.05) is 240 Å². The van der Waals surface area contributed by atoms with Crippen molar-refractivity contribution in [2.75, 3.05) is 26.3 Å². The lowest BCUT2D eigenvalue weighted by Crippen LogP contribution is -2.30. The number of unbranched alkanes of at least 4 members (excludes halogenated alkanes) is 24. The molecule has 2 aliphatic heterocycles. The summed E-state index contributed by atoms with van der Waals surface area (Å²) in [7, 11) is 0. The van der Waals surface area contributed by atoms with Crippen molar-refractivity contribution < 1.29 is 14.3 Å². The van der Waals surface area contributed by atoms with E-state index in [-0.39, 0.29) is 11.8 Å². The van der Waals surface area contributed by atoms with Crippen LogP contribution in [-0.4, -0.2) is 47.9 Å². The van der Waals surface area contributed by atoms with E-state index in [9.17, 15) is 9.59 Å². The number of carbonyl (C=O) groups is 2. The third kappa shape index (κ3) is 22.0. The molecule has 0 bridgehead atoms. The highest BCUT2D eigenvalue weighted by molar-refractivity contribution is 7.28. The number of rotatable bonds is 48. The van der Waals surface area contributed by atoms with E-state index in [0.717, 1.165) is 79.8 Å². The van der Waals surface area contributed by atoms with E-state index >= 15 is 0 Å². The molecule has 0 aromatic carbocycles. The number of hydrogen-bond acceptors (Lipinski definition) is 7. The van der Waals surface area contributed by atoms with Crippen molar-refractivity contribution in [3.8, 4) is 29.3 Å². The molecule has 4 aromatic heterocycles. The minimum atomic E-state index is 0.0311. The van der Waals surface area contributed by atoms with Crippen molar-refractivity contribution in [3.05, 3.63) is 75.1 Å². The molecule has 4 aromatic rings. The zero-order valence-electron chi connectivity index (χ0n) is 51.5. The molecule has 9 heteroatoms. The van der Waals surface area contributed by atoms with Crippen molar-refractivity contribution in [1.82, 2.24) is 9.80 Å². The molecule has 0 aliphatic carbocycles. The van der Waals surface area contributed by atoms with Crippen LogP contribution >= 0.6 is 45.3 Å². The van der Waals surface area contributed by atoms with Crippen LogP contribution < -0.4 is 0 Å². The summed E-state index contributed by atoms with van der Waals surface area (Å²) < 4.78 is 5.94. The average Bonchev–Trinajstić information content (AvgIpc) is 4.44. The lowest BCUT2D eigenvalue weighted by molar-refractivity contribution is -0.124. The molecule has 2 aliphatic rings. The van der Waals surface area contributed by atoms with Gasteiger partial charge in [0, 0.05) is 66.1 Å². The number of hydrogen-bond donors (Lipinski definition) is 0. The molecule has 0 fully saturated rings. The van der Waals surface area contributed by atoms with Crippen LogP contribution in [-0.2, 0) is 14.3 Å². The maximum absolute atomic E-state index is 15.0. The number of amides is 2. The Balaban J connectivity index is 1.10. The summed E-state index contributed by atoms with van der Waals surface area (Å²) in [5.74, 6) is 1.56. The molecular weight excluding hydrogens is 1060 g/mol. The molecule has 2 atom stereocenters. The Morgan fingerprint density at radius 3 is 1.12 bits per heavy atom. The largest absolute Gasteiger partial charge is 0.381 e. The molecule has 6 rings (SSSR count). The summed E-state index contributed by atoms with van der Waals surface area (Å²) in [5.41, 5.74) is 3.03. The molecule has 6 heterocycles. The van der Waals surface area contributed by atoms with Gasteiger partial charge in [-0.3, -0.25) is 9.59 Å². The van der Waals surface area contributed by atoms with Gasteiger partial charge in [0.15, 0.2) is 0 Å². The minimum absolute atomic E-state index is 0.0311. The van der Waals surface area contributed by atoms with E-state index in [0.29, 0.717) is 24.2 Å². The Morgan fingerprint density at radius 2 is 0.675 bits per heavy atom. The number of carbonyl (C=O) groups excluding carboxylic acids is 2. The van der Waals surface area contributed by atoms with Gasteiger partial charge in [-0.05, 0) is 99.9 Å². The van der Waals surface area contributed by atoms with Gasteiger partial charge in [0.2, 0.25) is 0 Å². The summed E-state index contributed by atoms with van der Waals surface area (Å²) >= 11 is 7.31. The van der Waals surface area contributed by atoms with Gasteiger partial charge in [0.05, 0.1) is 21.7 Å². The quantitative estimate of drug-likeness (QED) is 0.0414. The Kier molecular flexibility index (Phi) is 32.3. The van der Waals surface area contributed by atoms with E-state index < -0.39 is 0 Å². The summed E-state index contributed by atoms with van der Waals surface area (Å²) in [5, 5.41) is 0. The maximum Gasteiger partial charge on any atom is 0.261 e. The number of ether oxygens (including phenoxy) is 1. The molecule has 446 valence electrons. The standard InChI is InChI=1S/C71H110N2O3S4/c1-7-11-15-17-19-21-23-25-27-30-39-58(38-29-13-9-3)42-33-36-53-73-69(66-51-50-65(80-66)64-49-48-63(79-64)62-47-46-61(78-62)60-45-44-56(5)77-60)68-67(70(73)74)57(6)72(71(68)75)52-35-32-41-59(43-34-37-55-76-54-14-10-4)40-31-28-26-24-22-20-18-16-12-8-2/h44-51,58-59H,7-43,52-55H2,1-6H3. The third-order valence-electron chi connectivity index (χ3n) is 17.4. The normalized spacial score (nSPS) is 14.5. The molecule has 0 spiro atoms. The highest BCUT2D eigenvalue weighted by Gasteiger charge is 2.47. The third-order valence-corrected chi connectivity index (χ3v) is 22.2. The number of thiophene rings is 4. The van der Waals surface area contributed by atoms with Crippen molar-refractivity contribution in [1.29, 1.82) is 0 Å². The molecule has 2 amide bonds. The number of fused-ring (bicyclic) bond motifs is 1. The number of allylic oxidation sites excluding steroid dienone is 1. The van der Waals surface area contributed by atoms with Crippen LogP contribution in [0.15, 0.2) is 65.4 Å². The molecule has 0 radical (unpaired) electrons. The number of aryl methyl sites for hydroxylation is 1. The summed E-state index contributed by atoms with van der Waals surface area (Å²) in [6, 6.07) is 17.9. The van der Waals surface area contributed by atoms with Crippen molar-refractivity contribution in [3.63, 3.8) is 0 Å². The number of nitrogens with zero attached hydrogens (tertiary/aromatic N) is 2. The zero-order chi connectivity index (χ0) is 56.6. The second-order valence-corrected chi connectivity index (χ2v) is 28.7. The van der Waals surface area contributed by atoms with E-state index in [1.54, 1.807) is 11.3 Å². The van der Waals surface area contributed by atoms with Gasteiger partial charge in [-0.2, -0.15) is 0 Å². The average molecular weight is 1170 g/mol. The van der Waals surface area contributed by atoms with Crippen molar-refractivity contribution >= 4 is 62.9 Å². The topological polar surface area (TPSA) is 49.9 Å². The molecule has 80 heavy (non-hydrogen) atoms. The van der Waals surface area contributed by atoms with Gasteiger partial charge in [-0.15, -0.1) is 45.3 Å². The predicted octanol–water partition coefficient (Wildman–Crippen LogP) is 23.7. The van der Waals surface area contributed by atoms with Crippen molar-refractivity contribution in [2.24, 2.45) is 11.8 Å². The lowest BCUT2D eigenvalue weighted by Gasteiger charge is -2.24.